The van der Waals surface area contributed by atoms with Crippen molar-refractivity contribution in [1.82, 2.24) is 0 Å². The quantitative estimate of drug-likeness (QED) is 0.744. The highest BCUT2D eigenvalue weighted by Crippen LogP contribution is 2.23. The average Bonchev–Trinajstić information content (AvgIpc) is 2.40. The first-order valence-electron chi connectivity index (χ1n) is 5.73. The summed E-state index contributed by atoms with van der Waals surface area (Å²) in [6.07, 6.45) is 5.64. The van der Waals surface area contributed by atoms with Crippen molar-refractivity contribution in [3.05, 3.63) is 64.0 Å². The van der Waals surface area contributed by atoms with E-state index in [-0.39, 0.29) is 5.43 Å². The summed E-state index contributed by atoms with van der Waals surface area (Å²) in [6.45, 7) is 0. The Bertz CT molecular complexity index is 621. The number of allylic oxidation sites excluding steroid dienone is 1. The van der Waals surface area contributed by atoms with E-state index in [4.69, 9.17) is 4.42 Å². The Morgan fingerprint density at radius 2 is 1.94 bits per heavy atom. The first-order chi connectivity index (χ1) is 8.34. The van der Waals surface area contributed by atoms with Crippen molar-refractivity contribution in [1.29, 1.82) is 0 Å². The van der Waals surface area contributed by atoms with Crippen LogP contribution in [0.15, 0.2) is 51.7 Å². The van der Waals surface area contributed by atoms with Crippen LogP contribution in [-0.4, -0.2) is 0 Å². The van der Waals surface area contributed by atoms with E-state index < -0.39 is 0 Å². The molecule has 1 aromatic carbocycles. The Balaban J connectivity index is 2.19. The van der Waals surface area contributed by atoms with Gasteiger partial charge in [0.05, 0.1) is 0 Å². The van der Waals surface area contributed by atoms with E-state index in [1.54, 1.807) is 6.07 Å². The lowest BCUT2D eigenvalue weighted by atomic mass is 10.0. The molecule has 17 heavy (non-hydrogen) atoms. The fraction of sp³-hybridized carbons (Fsp3) is 0.133. The van der Waals surface area contributed by atoms with Gasteiger partial charge in [-0.15, -0.1) is 0 Å². The monoisotopic (exact) mass is 224 g/mol. The van der Waals surface area contributed by atoms with Gasteiger partial charge in [0.15, 0.2) is 5.43 Å². The van der Waals surface area contributed by atoms with Crippen LogP contribution in [0.5, 0.6) is 0 Å². The molecule has 0 fully saturated rings. The predicted octanol–water partition coefficient (Wildman–Crippen LogP) is 3.27. The van der Waals surface area contributed by atoms with E-state index in [0.29, 0.717) is 11.5 Å². The molecule has 1 heterocycles. The lowest BCUT2D eigenvalue weighted by molar-refractivity contribution is 0.541. The Morgan fingerprint density at radius 3 is 2.76 bits per heavy atom. The van der Waals surface area contributed by atoms with Gasteiger partial charge in [-0.2, -0.15) is 0 Å². The van der Waals surface area contributed by atoms with Gasteiger partial charge in [0.1, 0.15) is 11.5 Å². The molecule has 3 rings (SSSR count). The van der Waals surface area contributed by atoms with Crippen molar-refractivity contribution in [2.45, 2.75) is 12.8 Å². The minimum absolute atomic E-state index is 0.0782. The molecule has 1 aromatic heterocycles. The molecule has 0 aliphatic heterocycles. The van der Waals surface area contributed by atoms with E-state index in [2.05, 4.69) is 0 Å². The lowest BCUT2D eigenvalue weighted by Gasteiger charge is -2.10. The molecule has 0 atom stereocenters. The summed E-state index contributed by atoms with van der Waals surface area (Å²) in [4.78, 5) is 12.0. The highest BCUT2D eigenvalue weighted by molar-refractivity contribution is 5.60. The number of hydrogen-bond acceptors (Lipinski definition) is 2. The number of rotatable bonds is 1. The molecule has 0 amide bonds. The van der Waals surface area contributed by atoms with E-state index >= 15 is 0 Å². The van der Waals surface area contributed by atoms with Crippen LogP contribution in [0.4, 0.5) is 0 Å². The van der Waals surface area contributed by atoms with Crippen LogP contribution in [0, 0.1) is 0 Å². The topological polar surface area (TPSA) is 30.2 Å². The zero-order chi connectivity index (χ0) is 11.7. The Hall–Kier alpha value is -2.09. The molecule has 1 aliphatic carbocycles. The summed E-state index contributed by atoms with van der Waals surface area (Å²) < 4.78 is 5.78. The Labute approximate surface area is 99.2 Å². The largest absolute Gasteiger partial charge is 0.456 e. The second-order valence-electron chi connectivity index (χ2n) is 4.12. The van der Waals surface area contributed by atoms with E-state index in [9.17, 15) is 4.79 Å². The molecule has 0 radical (unpaired) electrons. The van der Waals surface area contributed by atoms with Gasteiger partial charge < -0.3 is 4.42 Å². The van der Waals surface area contributed by atoms with Crippen LogP contribution in [0.25, 0.3) is 17.4 Å². The second-order valence-corrected chi connectivity index (χ2v) is 4.12. The molecule has 0 saturated carbocycles. The van der Waals surface area contributed by atoms with Crippen LogP contribution in [0.3, 0.4) is 0 Å². The normalized spacial score (nSPS) is 13.4. The van der Waals surface area contributed by atoms with E-state index in [1.807, 2.05) is 42.5 Å². The zero-order valence-corrected chi connectivity index (χ0v) is 9.35. The Kier molecular flexibility index (Phi) is 2.41. The van der Waals surface area contributed by atoms with Crippen molar-refractivity contribution in [3.8, 4) is 11.3 Å². The van der Waals surface area contributed by atoms with Gasteiger partial charge in [0, 0.05) is 17.2 Å². The van der Waals surface area contributed by atoms with Crippen molar-refractivity contribution in [2.75, 3.05) is 0 Å². The average molecular weight is 224 g/mol. The summed E-state index contributed by atoms with van der Waals surface area (Å²) in [7, 11) is 0. The van der Waals surface area contributed by atoms with Crippen LogP contribution < -0.4 is 5.43 Å². The summed E-state index contributed by atoms with van der Waals surface area (Å²) >= 11 is 0. The number of hydrogen-bond donors (Lipinski definition) is 0. The van der Waals surface area contributed by atoms with Gasteiger partial charge >= 0.3 is 0 Å². The van der Waals surface area contributed by atoms with Gasteiger partial charge in [-0.05, 0) is 18.9 Å². The smallest absolute Gasteiger partial charge is 0.189 e. The maximum atomic E-state index is 12.0. The maximum Gasteiger partial charge on any atom is 0.189 e. The van der Waals surface area contributed by atoms with Crippen molar-refractivity contribution in [3.63, 3.8) is 0 Å². The van der Waals surface area contributed by atoms with Crippen LogP contribution >= 0.6 is 0 Å². The molecule has 0 bridgehead atoms. The standard InChI is InChI=1S/C15H12O2/c16-13-10-15(11-6-2-1-3-7-11)17-14-9-5-4-8-12(13)14/h1-3,5-7,9-10H,4,8H2. The highest BCUT2D eigenvalue weighted by atomic mass is 16.3. The van der Waals surface area contributed by atoms with Crippen molar-refractivity contribution >= 4 is 6.08 Å². The predicted molar refractivity (Wildman–Crippen MR) is 67.8 cm³/mol. The van der Waals surface area contributed by atoms with Gasteiger partial charge in [0.25, 0.3) is 0 Å². The Morgan fingerprint density at radius 1 is 1.12 bits per heavy atom. The van der Waals surface area contributed by atoms with Gasteiger partial charge in [-0.3, -0.25) is 4.79 Å². The minimum Gasteiger partial charge on any atom is -0.456 e. The molecule has 0 unspecified atom stereocenters. The maximum absolute atomic E-state index is 12.0. The fourth-order valence-corrected chi connectivity index (χ4v) is 2.08. The summed E-state index contributed by atoms with van der Waals surface area (Å²) in [5.41, 5.74) is 1.81. The third-order valence-electron chi connectivity index (χ3n) is 2.97. The summed E-state index contributed by atoms with van der Waals surface area (Å²) in [6, 6.07) is 11.3. The third-order valence-corrected chi connectivity index (χ3v) is 2.97. The van der Waals surface area contributed by atoms with Gasteiger partial charge in [-0.1, -0.05) is 36.4 Å². The van der Waals surface area contributed by atoms with Crippen LogP contribution in [-0.2, 0) is 6.42 Å². The van der Waals surface area contributed by atoms with Crippen LogP contribution in [0.1, 0.15) is 17.7 Å². The molecule has 0 saturated heterocycles. The molecule has 1 aliphatic rings. The molecular formula is C15H12O2. The SMILES string of the molecule is O=c1cc(-c2ccccc2)oc2c1CCC=C2. The molecule has 0 N–H and O–H groups in total. The van der Waals surface area contributed by atoms with Crippen molar-refractivity contribution in [2.24, 2.45) is 0 Å². The lowest BCUT2D eigenvalue weighted by Crippen LogP contribution is -2.11. The zero-order valence-electron chi connectivity index (χ0n) is 9.35. The minimum atomic E-state index is 0.0782. The fourth-order valence-electron chi connectivity index (χ4n) is 2.08. The molecule has 0 spiro atoms. The number of benzene rings is 1. The van der Waals surface area contributed by atoms with Gasteiger partial charge in [-0.25, -0.2) is 0 Å². The highest BCUT2D eigenvalue weighted by Gasteiger charge is 2.13. The molecule has 2 nitrogen and oxygen atoms in total. The van der Waals surface area contributed by atoms with Crippen LogP contribution in [0.2, 0.25) is 0 Å². The molecular weight excluding hydrogens is 212 g/mol. The van der Waals surface area contributed by atoms with E-state index in [1.165, 1.54) is 0 Å². The summed E-state index contributed by atoms with van der Waals surface area (Å²) in [5.74, 6) is 1.35. The first kappa shape index (κ1) is 10.1. The summed E-state index contributed by atoms with van der Waals surface area (Å²) in [5, 5.41) is 0. The third kappa shape index (κ3) is 1.82. The van der Waals surface area contributed by atoms with E-state index in [0.717, 1.165) is 24.0 Å². The molecule has 2 heteroatoms. The molecule has 84 valence electrons. The molecule has 2 aromatic rings. The second kappa shape index (κ2) is 4.06. The number of fused-ring (bicyclic) bond motifs is 1. The first-order valence-corrected chi connectivity index (χ1v) is 5.73. The van der Waals surface area contributed by atoms with Gasteiger partial charge in [0.2, 0.25) is 0 Å². The van der Waals surface area contributed by atoms with Crippen molar-refractivity contribution < 1.29 is 4.42 Å².